The zero-order chi connectivity index (χ0) is 16.4. The van der Waals surface area contributed by atoms with Crippen molar-refractivity contribution >= 4 is 28.5 Å². The first-order valence-electron chi connectivity index (χ1n) is 6.67. The molecule has 3 aromatic rings. The Balaban J connectivity index is 2.02. The number of fused-ring (bicyclic) bond motifs is 1. The molecule has 2 aromatic heterocycles. The van der Waals surface area contributed by atoms with E-state index in [9.17, 15) is 14.0 Å². The number of halogens is 2. The van der Waals surface area contributed by atoms with Crippen LogP contribution in [0.15, 0.2) is 41.6 Å². The average Bonchev–Trinajstić information content (AvgIpc) is 2.96. The predicted octanol–water partition coefficient (Wildman–Crippen LogP) is 1.42. The van der Waals surface area contributed by atoms with E-state index >= 15 is 0 Å². The number of alkyl halides is 1. The van der Waals surface area contributed by atoms with Crippen molar-refractivity contribution in [2.45, 2.75) is 6.42 Å². The molecule has 1 N–H and O–H groups in total. The van der Waals surface area contributed by atoms with Gasteiger partial charge in [0, 0.05) is 12.3 Å². The number of benzene rings is 1. The van der Waals surface area contributed by atoms with Crippen molar-refractivity contribution in [1.82, 2.24) is 19.4 Å². The normalized spacial score (nSPS) is 10.9. The number of rotatable bonds is 4. The lowest BCUT2D eigenvalue weighted by Crippen LogP contribution is -2.33. The molecule has 0 atom stereocenters. The fourth-order valence-corrected chi connectivity index (χ4v) is 2.21. The molecule has 0 unspecified atom stereocenters. The standard InChI is InChI=1S/C14H11ClFN5O2/c15-6-5-12(22)19-20-8-17-13-11(14(20)23)7-18-21(13)10-3-1-9(16)2-4-10/h1-4,7-8H,5-6H2,(H,19,22). The summed E-state index contributed by atoms with van der Waals surface area (Å²) in [5.74, 6) is -0.615. The maximum absolute atomic E-state index is 13.0. The van der Waals surface area contributed by atoms with Crippen LogP contribution < -0.4 is 11.0 Å². The number of nitrogens with zero attached hydrogens (tertiary/aromatic N) is 4. The smallest absolute Gasteiger partial charge is 0.273 e. The van der Waals surface area contributed by atoms with Gasteiger partial charge < -0.3 is 0 Å². The minimum atomic E-state index is -0.466. The van der Waals surface area contributed by atoms with Crippen LogP contribution in [0.3, 0.4) is 0 Å². The Labute approximate surface area is 134 Å². The van der Waals surface area contributed by atoms with Crippen LogP contribution in [-0.4, -0.2) is 31.2 Å². The third-order valence-corrected chi connectivity index (χ3v) is 3.32. The highest BCUT2D eigenvalue weighted by Crippen LogP contribution is 2.13. The monoisotopic (exact) mass is 335 g/mol. The van der Waals surface area contributed by atoms with E-state index in [0.29, 0.717) is 11.3 Å². The Morgan fingerprint density at radius 1 is 1.30 bits per heavy atom. The Morgan fingerprint density at radius 3 is 2.74 bits per heavy atom. The highest BCUT2D eigenvalue weighted by atomic mass is 35.5. The zero-order valence-electron chi connectivity index (χ0n) is 11.7. The second-order valence-corrected chi connectivity index (χ2v) is 5.04. The highest BCUT2D eigenvalue weighted by molar-refractivity contribution is 6.19. The number of carbonyl (C=O) groups is 1. The summed E-state index contributed by atoms with van der Waals surface area (Å²) < 4.78 is 15.4. The Kier molecular flexibility index (Phi) is 4.07. The first kappa shape index (κ1) is 15.2. The van der Waals surface area contributed by atoms with E-state index in [-0.39, 0.29) is 23.5 Å². The first-order valence-corrected chi connectivity index (χ1v) is 7.21. The van der Waals surface area contributed by atoms with Gasteiger partial charge in [-0.1, -0.05) is 0 Å². The van der Waals surface area contributed by atoms with Crippen LogP contribution >= 0.6 is 11.6 Å². The van der Waals surface area contributed by atoms with Gasteiger partial charge in [-0.15, -0.1) is 11.6 Å². The summed E-state index contributed by atoms with van der Waals surface area (Å²) in [6, 6.07) is 5.63. The summed E-state index contributed by atoms with van der Waals surface area (Å²) in [6.07, 6.45) is 2.62. The van der Waals surface area contributed by atoms with Crippen LogP contribution in [0, 0.1) is 5.82 Å². The second-order valence-electron chi connectivity index (χ2n) is 4.66. The summed E-state index contributed by atoms with van der Waals surface area (Å²) in [6.45, 7) is 0. The highest BCUT2D eigenvalue weighted by Gasteiger charge is 2.12. The molecule has 0 bridgehead atoms. The van der Waals surface area contributed by atoms with Gasteiger partial charge in [0.1, 0.15) is 17.5 Å². The summed E-state index contributed by atoms with van der Waals surface area (Å²) in [5, 5.41) is 4.32. The van der Waals surface area contributed by atoms with Crippen molar-refractivity contribution < 1.29 is 9.18 Å². The second kappa shape index (κ2) is 6.17. The largest absolute Gasteiger partial charge is 0.283 e. The molecular formula is C14H11ClFN5O2. The van der Waals surface area contributed by atoms with Crippen LogP contribution in [0.4, 0.5) is 4.39 Å². The predicted molar refractivity (Wildman–Crippen MR) is 82.8 cm³/mol. The van der Waals surface area contributed by atoms with E-state index in [2.05, 4.69) is 15.5 Å². The molecule has 0 saturated heterocycles. The van der Waals surface area contributed by atoms with Gasteiger partial charge in [0.25, 0.3) is 5.56 Å². The molecule has 1 aromatic carbocycles. The summed E-state index contributed by atoms with van der Waals surface area (Å²) >= 11 is 5.48. The number of amides is 1. The summed E-state index contributed by atoms with van der Waals surface area (Å²) in [5.41, 5.74) is 2.80. The van der Waals surface area contributed by atoms with E-state index in [1.807, 2.05) is 0 Å². The van der Waals surface area contributed by atoms with Crippen LogP contribution in [-0.2, 0) is 4.79 Å². The minimum Gasteiger partial charge on any atom is -0.273 e. The van der Waals surface area contributed by atoms with Gasteiger partial charge in [0.2, 0.25) is 5.91 Å². The quantitative estimate of drug-likeness (QED) is 0.731. The SMILES string of the molecule is O=C(CCCl)Nn1cnc2c(cnn2-c2ccc(F)cc2)c1=O. The van der Waals surface area contributed by atoms with Crippen LogP contribution in [0.1, 0.15) is 6.42 Å². The molecule has 2 heterocycles. The molecule has 0 aliphatic rings. The molecule has 118 valence electrons. The lowest BCUT2D eigenvalue weighted by atomic mass is 10.3. The number of carbonyl (C=O) groups excluding carboxylic acids is 1. The van der Waals surface area contributed by atoms with Crippen molar-refractivity contribution in [3.05, 3.63) is 53.0 Å². The van der Waals surface area contributed by atoms with E-state index in [1.165, 1.54) is 41.5 Å². The topological polar surface area (TPSA) is 81.8 Å². The Bertz CT molecular complexity index is 919. The Morgan fingerprint density at radius 2 is 2.04 bits per heavy atom. The molecule has 0 aliphatic carbocycles. The summed E-state index contributed by atoms with van der Waals surface area (Å²) in [7, 11) is 0. The fraction of sp³-hybridized carbons (Fsp3) is 0.143. The fourth-order valence-electron chi connectivity index (χ4n) is 2.04. The van der Waals surface area contributed by atoms with Crippen molar-refractivity contribution in [1.29, 1.82) is 0 Å². The van der Waals surface area contributed by atoms with Crippen molar-refractivity contribution in [3.63, 3.8) is 0 Å². The maximum atomic E-state index is 13.0. The van der Waals surface area contributed by atoms with E-state index in [0.717, 1.165) is 4.68 Å². The van der Waals surface area contributed by atoms with Crippen LogP contribution in [0.5, 0.6) is 0 Å². The minimum absolute atomic E-state index is 0.0842. The van der Waals surface area contributed by atoms with Gasteiger partial charge >= 0.3 is 0 Å². The molecular weight excluding hydrogens is 325 g/mol. The van der Waals surface area contributed by atoms with Gasteiger partial charge in [-0.25, -0.2) is 18.7 Å². The zero-order valence-corrected chi connectivity index (χ0v) is 12.5. The van der Waals surface area contributed by atoms with Gasteiger partial charge in [-0.3, -0.25) is 15.0 Å². The molecule has 0 saturated carbocycles. The van der Waals surface area contributed by atoms with Crippen molar-refractivity contribution in [3.8, 4) is 5.69 Å². The lowest BCUT2D eigenvalue weighted by molar-refractivity contribution is -0.116. The average molecular weight is 336 g/mol. The first-order chi connectivity index (χ1) is 11.1. The molecule has 0 aliphatic heterocycles. The number of hydrogen-bond acceptors (Lipinski definition) is 4. The molecule has 0 fully saturated rings. The van der Waals surface area contributed by atoms with E-state index in [4.69, 9.17) is 11.6 Å². The summed E-state index contributed by atoms with van der Waals surface area (Å²) in [4.78, 5) is 28.0. The van der Waals surface area contributed by atoms with Crippen LogP contribution in [0.2, 0.25) is 0 Å². The van der Waals surface area contributed by atoms with Gasteiger partial charge in [-0.2, -0.15) is 5.10 Å². The molecule has 1 amide bonds. The number of aromatic nitrogens is 4. The molecule has 23 heavy (non-hydrogen) atoms. The third kappa shape index (κ3) is 2.93. The lowest BCUT2D eigenvalue weighted by Gasteiger charge is -2.07. The molecule has 0 spiro atoms. The number of hydrogen-bond donors (Lipinski definition) is 1. The maximum Gasteiger partial charge on any atom is 0.283 e. The molecule has 3 rings (SSSR count). The van der Waals surface area contributed by atoms with E-state index in [1.54, 1.807) is 0 Å². The van der Waals surface area contributed by atoms with Crippen molar-refractivity contribution in [2.24, 2.45) is 0 Å². The molecule has 0 radical (unpaired) electrons. The molecule has 7 nitrogen and oxygen atoms in total. The van der Waals surface area contributed by atoms with Crippen molar-refractivity contribution in [2.75, 3.05) is 11.3 Å². The van der Waals surface area contributed by atoms with Gasteiger partial charge in [0.05, 0.1) is 11.9 Å². The number of nitrogens with one attached hydrogen (secondary N) is 1. The third-order valence-electron chi connectivity index (χ3n) is 3.13. The molecule has 9 heteroatoms. The van der Waals surface area contributed by atoms with E-state index < -0.39 is 11.5 Å². The Hall–Kier alpha value is -2.74. The van der Waals surface area contributed by atoms with Gasteiger partial charge in [-0.05, 0) is 24.3 Å². The van der Waals surface area contributed by atoms with Crippen LogP contribution in [0.25, 0.3) is 16.7 Å². The van der Waals surface area contributed by atoms with Gasteiger partial charge in [0.15, 0.2) is 5.65 Å².